The molecule has 0 bridgehead atoms. The van der Waals surface area contributed by atoms with Crippen LogP contribution in [-0.4, -0.2) is 31.1 Å². The summed E-state index contributed by atoms with van der Waals surface area (Å²) in [4.78, 5) is 2.39. The minimum Gasteiger partial charge on any atom is -0.492 e. The van der Waals surface area contributed by atoms with Crippen LogP contribution < -0.4 is 4.74 Å². The highest BCUT2D eigenvalue weighted by molar-refractivity contribution is 5.85. The molecule has 0 saturated carbocycles. The van der Waals surface area contributed by atoms with E-state index < -0.39 is 0 Å². The van der Waals surface area contributed by atoms with Gasteiger partial charge in [0, 0.05) is 6.54 Å². The molecule has 0 amide bonds. The standard InChI is InChI=1S/C22H31NO.ClH/c1-3-23(4-2)18-19-24-22-17-11-10-16-21(22)15-9-8-14-20-12-6-5-7-13-20;/h5-7,10-13,16-17H,3-4,8-9,14-15,18-19H2,1-2H3;1H. The molecule has 0 aliphatic carbocycles. The zero-order valence-corrected chi connectivity index (χ0v) is 16.4. The second-order valence-electron chi connectivity index (χ2n) is 6.18. The Labute approximate surface area is 159 Å². The van der Waals surface area contributed by atoms with Gasteiger partial charge in [-0.15, -0.1) is 12.4 Å². The largest absolute Gasteiger partial charge is 0.492 e. The maximum Gasteiger partial charge on any atom is 0.122 e. The fourth-order valence-electron chi connectivity index (χ4n) is 2.96. The van der Waals surface area contributed by atoms with Gasteiger partial charge >= 0.3 is 0 Å². The van der Waals surface area contributed by atoms with Crippen LogP contribution in [0, 0.1) is 0 Å². The van der Waals surface area contributed by atoms with Crippen LogP contribution in [0.3, 0.4) is 0 Å². The van der Waals surface area contributed by atoms with Gasteiger partial charge in [-0.3, -0.25) is 0 Å². The molecule has 138 valence electrons. The lowest BCUT2D eigenvalue weighted by Gasteiger charge is -2.19. The van der Waals surface area contributed by atoms with Gasteiger partial charge in [-0.2, -0.15) is 0 Å². The first-order chi connectivity index (χ1) is 11.8. The van der Waals surface area contributed by atoms with E-state index in [9.17, 15) is 0 Å². The Balaban J connectivity index is 0.00000312. The number of halogens is 1. The number of aryl methyl sites for hydroxylation is 2. The van der Waals surface area contributed by atoms with E-state index in [4.69, 9.17) is 4.74 Å². The average molecular weight is 362 g/mol. The van der Waals surface area contributed by atoms with Crippen molar-refractivity contribution in [1.82, 2.24) is 4.90 Å². The minimum absolute atomic E-state index is 0. The van der Waals surface area contributed by atoms with Crippen LogP contribution in [-0.2, 0) is 12.8 Å². The molecule has 0 unspecified atom stereocenters. The van der Waals surface area contributed by atoms with Crippen molar-refractivity contribution in [2.24, 2.45) is 0 Å². The molecular weight excluding hydrogens is 330 g/mol. The number of rotatable bonds is 11. The Kier molecular flexibility index (Phi) is 11.0. The van der Waals surface area contributed by atoms with E-state index in [0.717, 1.165) is 44.8 Å². The summed E-state index contributed by atoms with van der Waals surface area (Å²) in [5.74, 6) is 1.06. The molecule has 25 heavy (non-hydrogen) atoms. The van der Waals surface area contributed by atoms with Crippen molar-refractivity contribution in [2.75, 3.05) is 26.2 Å². The highest BCUT2D eigenvalue weighted by Gasteiger charge is 2.05. The first kappa shape index (κ1) is 21.5. The third-order valence-electron chi connectivity index (χ3n) is 4.54. The quantitative estimate of drug-likeness (QED) is 0.497. The summed E-state index contributed by atoms with van der Waals surface area (Å²) in [6, 6.07) is 19.2. The van der Waals surface area contributed by atoms with E-state index >= 15 is 0 Å². The molecule has 0 fully saturated rings. The predicted molar refractivity (Wildman–Crippen MR) is 110 cm³/mol. The molecule has 0 spiro atoms. The van der Waals surface area contributed by atoms with Crippen molar-refractivity contribution in [3.05, 3.63) is 65.7 Å². The predicted octanol–water partition coefficient (Wildman–Crippen LogP) is 5.39. The van der Waals surface area contributed by atoms with Crippen LogP contribution >= 0.6 is 12.4 Å². The third-order valence-corrected chi connectivity index (χ3v) is 4.54. The van der Waals surface area contributed by atoms with Crippen LogP contribution in [0.4, 0.5) is 0 Å². The van der Waals surface area contributed by atoms with E-state index in [1.807, 2.05) is 0 Å². The molecule has 0 atom stereocenters. The molecule has 0 aromatic heterocycles. The van der Waals surface area contributed by atoms with Crippen molar-refractivity contribution >= 4 is 12.4 Å². The number of nitrogens with zero attached hydrogens (tertiary/aromatic N) is 1. The molecule has 3 heteroatoms. The molecule has 0 N–H and O–H groups in total. The van der Waals surface area contributed by atoms with Gasteiger partial charge in [0.25, 0.3) is 0 Å². The van der Waals surface area contributed by atoms with Gasteiger partial charge in [0.1, 0.15) is 12.4 Å². The van der Waals surface area contributed by atoms with Crippen molar-refractivity contribution in [1.29, 1.82) is 0 Å². The molecule has 2 nitrogen and oxygen atoms in total. The van der Waals surface area contributed by atoms with Gasteiger partial charge < -0.3 is 9.64 Å². The third kappa shape index (κ3) is 7.94. The van der Waals surface area contributed by atoms with Crippen molar-refractivity contribution < 1.29 is 4.74 Å². The van der Waals surface area contributed by atoms with Crippen LogP contribution in [0.15, 0.2) is 54.6 Å². The van der Waals surface area contributed by atoms with E-state index in [-0.39, 0.29) is 12.4 Å². The van der Waals surface area contributed by atoms with Gasteiger partial charge in [-0.25, -0.2) is 0 Å². The maximum atomic E-state index is 6.04. The lowest BCUT2D eigenvalue weighted by molar-refractivity contribution is 0.221. The van der Waals surface area contributed by atoms with Crippen LogP contribution in [0.5, 0.6) is 5.75 Å². The second-order valence-corrected chi connectivity index (χ2v) is 6.18. The molecule has 2 aromatic rings. The highest BCUT2D eigenvalue weighted by Crippen LogP contribution is 2.20. The maximum absolute atomic E-state index is 6.04. The number of para-hydroxylation sites is 1. The van der Waals surface area contributed by atoms with E-state index in [0.29, 0.717) is 0 Å². The lowest BCUT2D eigenvalue weighted by Crippen LogP contribution is -2.28. The minimum atomic E-state index is 0. The van der Waals surface area contributed by atoms with Crippen LogP contribution in [0.1, 0.15) is 37.8 Å². The van der Waals surface area contributed by atoms with Gasteiger partial charge in [-0.1, -0.05) is 62.4 Å². The van der Waals surface area contributed by atoms with E-state index in [1.165, 1.54) is 24.0 Å². The topological polar surface area (TPSA) is 12.5 Å². The molecule has 0 saturated heterocycles. The molecular formula is C22H32ClNO. The number of hydrogen-bond donors (Lipinski definition) is 0. The average Bonchev–Trinajstić information content (AvgIpc) is 2.64. The number of ether oxygens (including phenoxy) is 1. The fourth-order valence-corrected chi connectivity index (χ4v) is 2.96. The van der Waals surface area contributed by atoms with Crippen LogP contribution in [0.2, 0.25) is 0 Å². The number of likely N-dealkylation sites (N-methyl/N-ethyl adjacent to an activating group) is 1. The first-order valence-corrected chi connectivity index (χ1v) is 9.30. The Morgan fingerprint density at radius 3 is 2.16 bits per heavy atom. The smallest absolute Gasteiger partial charge is 0.122 e. The van der Waals surface area contributed by atoms with Gasteiger partial charge in [0.05, 0.1) is 0 Å². The molecule has 0 aliphatic rings. The summed E-state index contributed by atoms with van der Waals surface area (Å²) in [5, 5.41) is 0. The normalized spacial score (nSPS) is 10.5. The van der Waals surface area contributed by atoms with Crippen molar-refractivity contribution in [2.45, 2.75) is 39.5 Å². The lowest BCUT2D eigenvalue weighted by atomic mass is 10.0. The van der Waals surface area contributed by atoms with E-state index in [2.05, 4.69) is 73.3 Å². The van der Waals surface area contributed by atoms with Gasteiger partial charge in [0.2, 0.25) is 0 Å². The highest BCUT2D eigenvalue weighted by atomic mass is 35.5. The fraction of sp³-hybridized carbons (Fsp3) is 0.455. The second kappa shape index (κ2) is 12.8. The molecule has 0 radical (unpaired) electrons. The van der Waals surface area contributed by atoms with Gasteiger partial charge in [0.15, 0.2) is 0 Å². The first-order valence-electron chi connectivity index (χ1n) is 9.30. The molecule has 0 aliphatic heterocycles. The summed E-state index contributed by atoms with van der Waals surface area (Å²) >= 11 is 0. The summed E-state index contributed by atoms with van der Waals surface area (Å²) in [5.41, 5.74) is 2.77. The summed E-state index contributed by atoms with van der Waals surface area (Å²) in [7, 11) is 0. The Bertz CT molecular complexity index is 569. The monoisotopic (exact) mass is 361 g/mol. The number of benzene rings is 2. The van der Waals surface area contributed by atoms with E-state index in [1.54, 1.807) is 0 Å². The summed E-state index contributed by atoms with van der Waals surface area (Å²) in [6.07, 6.45) is 4.67. The van der Waals surface area contributed by atoms with Crippen LogP contribution in [0.25, 0.3) is 0 Å². The zero-order valence-electron chi connectivity index (χ0n) is 15.6. The SMILES string of the molecule is CCN(CC)CCOc1ccccc1CCCCc1ccccc1.Cl. The molecule has 2 aromatic carbocycles. The zero-order chi connectivity index (χ0) is 17.0. The Morgan fingerprint density at radius 2 is 1.44 bits per heavy atom. The number of hydrogen-bond acceptors (Lipinski definition) is 2. The van der Waals surface area contributed by atoms with Gasteiger partial charge in [-0.05, 0) is 56.0 Å². The number of unbranched alkanes of at least 4 members (excludes halogenated alkanes) is 1. The molecule has 0 heterocycles. The summed E-state index contributed by atoms with van der Waals surface area (Å²) < 4.78 is 6.04. The summed E-state index contributed by atoms with van der Waals surface area (Å²) in [6.45, 7) is 8.33. The van der Waals surface area contributed by atoms with Crippen molar-refractivity contribution in [3.8, 4) is 5.75 Å². The molecule has 2 rings (SSSR count). The Hall–Kier alpha value is -1.51. The Morgan fingerprint density at radius 1 is 0.800 bits per heavy atom. The van der Waals surface area contributed by atoms with Crippen molar-refractivity contribution in [3.63, 3.8) is 0 Å².